The van der Waals surface area contributed by atoms with Gasteiger partial charge in [0.1, 0.15) is 0 Å². The molecule has 0 saturated heterocycles. The number of thioether (sulfide) groups is 1. The molecule has 0 unspecified atom stereocenters. The zero-order chi connectivity index (χ0) is 15.6. The van der Waals surface area contributed by atoms with Crippen LogP contribution in [0.1, 0.15) is 46.5 Å². The number of nitrogens with zero attached hydrogens (tertiary/aromatic N) is 4. The molecule has 0 aliphatic rings. The van der Waals surface area contributed by atoms with Crippen LogP contribution >= 0.6 is 11.8 Å². The summed E-state index contributed by atoms with van der Waals surface area (Å²) in [6.07, 6.45) is 0. The second-order valence-corrected chi connectivity index (χ2v) is 6.05. The maximum Gasteiger partial charge on any atom is 0.209 e. The summed E-state index contributed by atoms with van der Waals surface area (Å²) >= 11 is 1.60. The Balaban J connectivity index is 2.32. The summed E-state index contributed by atoms with van der Waals surface area (Å²) in [5.74, 6) is 0.883. The molecule has 2 aromatic rings. The monoisotopic (exact) mass is 304 g/mol. The third-order valence-corrected chi connectivity index (χ3v) is 4.61. The van der Waals surface area contributed by atoms with Crippen LogP contribution in [-0.2, 0) is 12.3 Å². The zero-order valence-electron chi connectivity index (χ0n) is 13.1. The lowest BCUT2D eigenvalue weighted by atomic mass is 9.92. The largest absolute Gasteiger partial charge is 0.294 e. The minimum Gasteiger partial charge on any atom is -0.294 e. The van der Waals surface area contributed by atoms with Gasteiger partial charge in [0, 0.05) is 17.9 Å². The summed E-state index contributed by atoms with van der Waals surface area (Å²) in [5, 5.41) is 12.5. The van der Waals surface area contributed by atoms with Crippen LogP contribution in [-0.4, -0.2) is 26.0 Å². The molecular formula is C15H20N4OS. The number of Topliss-reactive ketones (excluding diaryl/α,β-unsaturated/α-hetero) is 1. The molecule has 6 heteroatoms. The van der Waals surface area contributed by atoms with Crippen LogP contribution in [0.2, 0.25) is 0 Å². The molecule has 0 amide bonds. The Morgan fingerprint density at radius 1 is 1.29 bits per heavy atom. The third kappa shape index (κ3) is 3.15. The molecule has 0 bridgehead atoms. The van der Waals surface area contributed by atoms with E-state index in [-0.39, 0.29) is 5.78 Å². The van der Waals surface area contributed by atoms with Crippen molar-refractivity contribution in [3.8, 4) is 0 Å². The van der Waals surface area contributed by atoms with Gasteiger partial charge in [-0.3, -0.25) is 4.79 Å². The number of carbonyl (C=O) groups is 1. The number of rotatable bonds is 5. The molecule has 0 spiro atoms. The highest BCUT2D eigenvalue weighted by molar-refractivity contribution is 7.98. The van der Waals surface area contributed by atoms with Gasteiger partial charge < -0.3 is 0 Å². The molecule has 1 aromatic carbocycles. The topological polar surface area (TPSA) is 60.7 Å². The van der Waals surface area contributed by atoms with E-state index < -0.39 is 0 Å². The molecule has 5 nitrogen and oxygen atoms in total. The number of tetrazole rings is 1. The van der Waals surface area contributed by atoms with E-state index in [4.69, 9.17) is 0 Å². The van der Waals surface area contributed by atoms with Gasteiger partial charge in [0.15, 0.2) is 5.78 Å². The van der Waals surface area contributed by atoms with Crippen molar-refractivity contribution in [2.24, 2.45) is 0 Å². The van der Waals surface area contributed by atoms with Crippen molar-refractivity contribution in [1.29, 1.82) is 0 Å². The molecule has 0 atom stereocenters. The van der Waals surface area contributed by atoms with Crippen LogP contribution in [0.3, 0.4) is 0 Å². The molecule has 0 aliphatic carbocycles. The lowest BCUT2D eigenvalue weighted by molar-refractivity contribution is 0.101. The maximum atomic E-state index is 11.8. The van der Waals surface area contributed by atoms with Crippen molar-refractivity contribution in [2.45, 2.75) is 52.1 Å². The normalized spacial score (nSPS) is 10.9. The Labute approximate surface area is 129 Å². The molecule has 2 rings (SSSR count). The van der Waals surface area contributed by atoms with Crippen molar-refractivity contribution < 1.29 is 4.79 Å². The molecule has 1 heterocycles. The molecule has 1 aromatic heterocycles. The Morgan fingerprint density at radius 3 is 2.62 bits per heavy atom. The number of aromatic nitrogens is 4. The maximum absolute atomic E-state index is 11.8. The molecule has 21 heavy (non-hydrogen) atoms. The van der Waals surface area contributed by atoms with Gasteiger partial charge in [-0.15, -0.1) is 5.10 Å². The fourth-order valence-corrected chi connectivity index (χ4v) is 3.75. The van der Waals surface area contributed by atoms with Crippen molar-refractivity contribution in [3.63, 3.8) is 0 Å². The summed E-state index contributed by atoms with van der Waals surface area (Å²) in [6, 6.07) is 2.09. The SMILES string of the molecule is CCn1nnnc1SCc1c(C)cc(C)c(C(C)=O)c1C. The van der Waals surface area contributed by atoms with Crippen LogP contribution in [0.15, 0.2) is 11.2 Å². The van der Waals surface area contributed by atoms with E-state index in [9.17, 15) is 4.79 Å². The first-order chi connectivity index (χ1) is 9.95. The predicted octanol–water partition coefficient (Wildman–Crippen LogP) is 3.11. The lowest BCUT2D eigenvalue weighted by Crippen LogP contribution is -2.06. The average Bonchev–Trinajstić information content (AvgIpc) is 2.84. The van der Waals surface area contributed by atoms with Crippen molar-refractivity contribution in [1.82, 2.24) is 20.2 Å². The molecule has 0 radical (unpaired) electrons. The van der Waals surface area contributed by atoms with E-state index in [1.807, 2.05) is 20.8 Å². The van der Waals surface area contributed by atoms with Gasteiger partial charge in [0.05, 0.1) is 0 Å². The minimum atomic E-state index is 0.120. The number of hydrogen-bond acceptors (Lipinski definition) is 5. The fourth-order valence-electron chi connectivity index (χ4n) is 2.63. The predicted molar refractivity (Wildman–Crippen MR) is 83.7 cm³/mol. The van der Waals surface area contributed by atoms with E-state index in [0.29, 0.717) is 0 Å². The lowest BCUT2D eigenvalue weighted by Gasteiger charge is -2.15. The van der Waals surface area contributed by atoms with E-state index in [2.05, 4.69) is 28.5 Å². The van der Waals surface area contributed by atoms with Gasteiger partial charge in [-0.25, -0.2) is 4.68 Å². The highest BCUT2D eigenvalue weighted by Gasteiger charge is 2.15. The second kappa shape index (κ2) is 6.39. The van der Waals surface area contributed by atoms with E-state index in [0.717, 1.165) is 34.1 Å². The Kier molecular flexibility index (Phi) is 4.77. The van der Waals surface area contributed by atoms with Crippen LogP contribution < -0.4 is 0 Å². The van der Waals surface area contributed by atoms with Crippen LogP contribution in [0.25, 0.3) is 0 Å². The molecule has 0 fully saturated rings. The Morgan fingerprint density at radius 2 is 2.00 bits per heavy atom. The summed E-state index contributed by atoms with van der Waals surface area (Å²) in [4.78, 5) is 11.8. The zero-order valence-corrected chi connectivity index (χ0v) is 13.9. The van der Waals surface area contributed by atoms with Crippen molar-refractivity contribution in [3.05, 3.63) is 33.9 Å². The van der Waals surface area contributed by atoms with E-state index >= 15 is 0 Å². The fraction of sp³-hybridized carbons (Fsp3) is 0.467. The second-order valence-electron chi connectivity index (χ2n) is 5.11. The molecule has 0 aliphatic heterocycles. The first-order valence-corrected chi connectivity index (χ1v) is 7.93. The first kappa shape index (κ1) is 15.7. The summed E-state index contributed by atoms with van der Waals surface area (Å²) in [5.41, 5.74) is 5.36. The molecule has 0 saturated carbocycles. The van der Waals surface area contributed by atoms with Crippen molar-refractivity contribution >= 4 is 17.5 Å². The summed E-state index contributed by atoms with van der Waals surface area (Å²) in [6.45, 7) is 10.5. The molecule has 0 N–H and O–H groups in total. The smallest absolute Gasteiger partial charge is 0.209 e. The van der Waals surface area contributed by atoms with E-state index in [1.165, 1.54) is 11.1 Å². The highest BCUT2D eigenvalue weighted by Crippen LogP contribution is 2.28. The van der Waals surface area contributed by atoms with E-state index in [1.54, 1.807) is 23.4 Å². The van der Waals surface area contributed by atoms with Gasteiger partial charge in [-0.2, -0.15) is 0 Å². The first-order valence-electron chi connectivity index (χ1n) is 6.95. The average molecular weight is 304 g/mol. The number of ketones is 1. The number of carbonyl (C=O) groups excluding carboxylic acids is 1. The van der Waals surface area contributed by atoms with Crippen LogP contribution in [0.5, 0.6) is 0 Å². The number of benzene rings is 1. The highest BCUT2D eigenvalue weighted by atomic mass is 32.2. The van der Waals surface area contributed by atoms with Gasteiger partial charge in [-0.05, 0) is 67.3 Å². The van der Waals surface area contributed by atoms with Crippen LogP contribution in [0, 0.1) is 20.8 Å². The quantitative estimate of drug-likeness (QED) is 0.627. The van der Waals surface area contributed by atoms with Gasteiger partial charge in [0.2, 0.25) is 5.16 Å². The summed E-state index contributed by atoms with van der Waals surface area (Å²) in [7, 11) is 0. The third-order valence-electron chi connectivity index (χ3n) is 3.63. The van der Waals surface area contributed by atoms with Gasteiger partial charge >= 0.3 is 0 Å². The Hall–Kier alpha value is -1.69. The van der Waals surface area contributed by atoms with Gasteiger partial charge in [-0.1, -0.05) is 17.8 Å². The summed E-state index contributed by atoms with van der Waals surface area (Å²) < 4.78 is 1.77. The standard InChI is InChI=1S/C15H20N4OS/c1-6-19-15(16-17-18-19)21-8-13-9(2)7-10(3)14(11(13)4)12(5)20/h7H,6,8H2,1-5H3. The van der Waals surface area contributed by atoms with Crippen molar-refractivity contribution in [2.75, 3.05) is 0 Å². The number of aryl methyl sites for hydroxylation is 3. The molecule has 112 valence electrons. The number of hydrogen-bond donors (Lipinski definition) is 0. The molecular weight excluding hydrogens is 284 g/mol. The Bertz CT molecular complexity index is 679. The minimum absolute atomic E-state index is 0.120. The van der Waals surface area contributed by atoms with Gasteiger partial charge in [0.25, 0.3) is 0 Å². The van der Waals surface area contributed by atoms with Crippen LogP contribution in [0.4, 0.5) is 0 Å².